The van der Waals surface area contributed by atoms with Gasteiger partial charge in [-0.25, -0.2) is 0 Å². The Morgan fingerprint density at radius 3 is 2.74 bits per heavy atom. The summed E-state index contributed by atoms with van der Waals surface area (Å²) >= 11 is 4.34. The quantitative estimate of drug-likeness (QED) is 0.512. The fourth-order valence-electron chi connectivity index (χ4n) is 1.96. The van der Waals surface area contributed by atoms with Gasteiger partial charge in [0.25, 0.3) is 0 Å². The molecule has 1 N–H and O–H groups in total. The molecular formula is C14H28N4S. The van der Waals surface area contributed by atoms with E-state index in [1.165, 1.54) is 19.3 Å². The number of thiol groups is 1. The van der Waals surface area contributed by atoms with Crippen molar-refractivity contribution in [2.75, 3.05) is 13.1 Å². The van der Waals surface area contributed by atoms with Gasteiger partial charge in [0.05, 0.1) is 5.69 Å². The third-order valence-electron chi connectivity index (χ3n) is 2.86. The molecule has 110 valence electrons. The number of nitrogens with zero attached hydrogens (tertiary/aromatic N) is 3. The molecule has 0 fully saturated rings. The van der Waals surface area contributed by atoms with Crippen LogP contribution in [0.15, 0.2) is 6.20 Å². The lowest BCUT2D eigenvalue weighted by atomic mass is 10.1. The van der Waals surface area contributed by atoms with Gasteiger partial charge in [0.2, 0.25) is 0 Å². The molecule has 1 rings (SSSR count). The van der Waals surface area contributed by atoms with Crippen molar-refractivity contribution in [1.82, 2.24) is 20.3 Å². The smallest absolute Gasteiger partial charge is 0.0827 e. The van der Waals surface area contributed by atoms with Crippen molar-refractivity contribution in [1.29, 1.82) is 0 Å². The number of nitrogens with one attached hydrogen (secondary N) is 1. The highest BCUT2D eigenvalue weighted by Crippen LogP contribution is 2.04. The third kappa shape index (κ3) is 8.26. The molecule has 1 unspecified atom stereocenters. The molecule has 0 saturated heterocycles. The lowest BCUT2D eigenvalue weighted by Crippen LogP contribution is -2.22. The van der Waals surface area contributed by atoms with Crippen molar-refractivity contribution in [2.24, 2.45) is 5.92 Å². The number of aromatic nitrogens is 3. The molecule has 1 aromatic rings. The van der Waals surface area contributed by atoms with Gasteiger partial charge in [0.15, 0.2) is 0 Å². The molecule has 0 aliphatic carbocycles. The summed E-state index contributed by atoms with van der Waals surface area (Å²) in [5.41, 5.74) is 1.12. The van der Waals surface area contributed by atoms with Crippen LogP contribution in [0.3, 0.4) is 0 Å². The zero-order valence-electron chi connectivity index (χ0n) is 12.5. The maximum Gasteiger partial charge on any atom is 0.0827 e. The van der Waals surface area contributed by atoms with Gasteiger partial charge >= 0.3 is 0 Å². The Morgan fingerprint density at radius 1 is 1.26 bits per heavy atom. The van der Waals surface area contributed by atoms with E-state index >= 15 is 0 Å². The lowest BCUT2D eigenvalue weighted by molar-refractivity contribution is 0.472. The number of aryl methyl sites for hydroxylation is 1. The number of rotatable bonds is 10. The van der Waals surface area contributed by atoms with E-state index in [1.54, 1.807) is 0 Å². The van der Waals surface area contributed by atoms with E-state index in [4.69, 9.17) is 0 Å². The van der Waals surface area contributed by atoms with E-state index in [2.05, 4.69) is 55.2 Å². The SMILES string of the molecule is CC(C)Cn1cc(CCCCCNCC(C)S)nn1. The van der Waals surface area contributed by atoms with Crippen LogP contribution in [0.2, 0.25) is 0 Å². The molecule has 1 heterocycles. The second kappa shape index (κ2) is 9.37. The largest absolute Gasteiger partial charge is 0.316 e. The fourth-order valence-corrected chi connectivity index (χ4v) is 2.09. The predicted octanol–water partition coefficient (Wildman–Crippen LogP) is 2.55. The molecule has 0 spiro atoms. The van der Waals surface area contributed by atoms with Crippen molar-refractivity contribution in [3.05, 3.63) is 11.9 Å². The molecule has 0 aromatic carbocycles. The topological polar surface area (TPSA) is 42.7 Å². The Kier molecular flexibility index (Phi) is 8.14. The molecule has 0 amide bonds. The summed E-state index contributed by atoms with van der Waals surface area (Å²) in [5.74, 6) is 0.620. The molecule has 0 aliphatic rings. The van der Waals surface area contributed by atoms with E-state index in [0.29, 0.717) is 11.2 Å². The Hall–Kier alpha value is -0.550. The van der Waals surface area contributed by atoms with E-state index in [9.17, 15) is 0 Å². The van der Waals surface area contributed by atoms with Crippen molar-refractivity contribution in [2.45, 2.75) is 58.2 Å². The Bertz CT molecular complexity index is 336. The maximum absolute atomic E-state index is 4.34. The summed E-state index contributed by atoms with van der Waals surface area (Å²) in [5, 5.41) is 12.2. The van der Waals surface area contributed by atoms with Crippen molar-refractivity contribution in [3.63, 3.8) is 0 Å². The van der Waals surface area contributed by atoms with Crippen LogP contribution in [-0.2, 0) is 13.0 Å². The summed E-state index contributed by atoms with van der Waals surface area (Å²) in [6, 6.07) is 0. The van der Waals surface area contributed by atoms with Gasteiger partial charge in [-0.3, -0.25) is 4.68 Å². The minimum Gasteiger partial charge on any atom is -0.316 e. The highest BCUT2D eigenvalue weighted by molar-refractivity contribution is 7.80. The Morgan fingerprint density at radius 2 is 2.05 bits per heavy atom. The zero-order chi connectivity index (χ0) is 14.1. The number of hydrogen-bond acceptors (Lipinski definition) is 4. The third-order valence-corrected chi connectivity index (χ3v) is 3.05. The molecule has 0 radical (unpaired) electrons. The average molecular weight is 284 g/mol. The molecule has 5 heteroatoms. The highest BCUT2D eigenvalue weighted by atomic mass is 32.1. The summed E-state index contributed by atoms with van der Waals surface area (Å²) in [6.45, 7) is 9.53. The van der Waals surface area contributed by atoms with Crippen LogP contribution in [-0.4, -0.2) is 33.3 Å². The highest BCUT2D eigenvalue weighted by Gasteiger charge is 2.02. The van der Waals surface area contributed by atoms with Gasteiger partial charge in [-0.2, -0.15) is 12.6 Å². The molecule has 0 bridgehead atoms. The fraction of sp³-hybridized carbons (Fsp3) is 0.857. The lowest BCUT2D eigenvalue weighted by Gasteiger charge is -2.06. The van der Waals surface area contributed by atoms with Gasteiger partial charge in [-0.05, 0) is 31.7 Å². The predicted molar refractivity (Wildman–Crippen MR) is 83.7 cm³/mol. The first-order valence-electron chi connectivity index (χ1n) is 7.35. The first kappa shape index (κ1) is 16.5. The van der Waals surface area contributed by atoms with E-state index in [1.807, 2.05) is 4.68 Å². The van der Waals surface area contributed by atoms with Crippen LogP contribution < -0.4 is 5.32 Å². The van der Waals surface area contributed by atoms with E-state index < -0.39 is 0 Å². The van der Waals surface area contributed by atoms with E-state index in [-0.39, 0.29) is 0 Å². The summed E-state index contributed by atoms with van der Waals surface area (Å²) in [7, 11) is 0. The van der Waals surface area contributed by atoms with Crippen LogP contribution in [0.1, 0.15) is 45.7 Å². The molecule has 0 aliphatic heterocycles. The van der Waals surface area contributed by atoms with Crippen LogP contribution >= 0.6 is 12.6 Å². The van der Waals surface area contributed by atoms with Gasteiger partial charge in [-0.15, -0.1) is 5.10 Å². The van der Waals surface area contributed by atoms with Crippen LogP contribution in [0.25, 0.3) is 0 Å². The first-order chi connectivity index (χ1) is 9.08. The monoisotopic (exact) mass is 284 g/mol. The summed E-state index contributed by atoms with van der Waals surface area (Å²) < 4.78 is 1.95. The van der Waals surface area contributed by atoms with Crippen molar-refractivity contribution < 1.29 is 0 Å². The second-order valence-corrected chi connectivity index (χ2v) is 6.57. The van der Waals surface area contributed by atoms with Gasteiger partial charge in [-0.1, -0.05) is 32.4 Å². The summed E-state index contributed by atoms with van der Waals surface area (Å²) in [4.78, 5) is 0. The van der Waals surface area contributed by atoms with Gasteiger partial charge in [0, 0.05) is 24.5 Å². The minimum absolute atomic E-state index is 0.441. The Labute approximate surface area is 122 Å². The van der Waals surface area contributed by atoms with Crippen LogP contribution in [0.4, 0.5) is 0 Å². The molecular weight excluding hydrogens is 256 g/mol. The second-order valence-electron chi connectivity index (χ2n) is 5.69. The number of unbranched alkanes of at least 4 members (excludes halogenated alkanes) is 2. The molecule has 1 atom stereocenters. The molecule has 19 heavy (non-hydrogen) atoms. The maximum atomic E-state index is 4.34. The standard InChI is InChI=1S/C14H28N4S/c1-12(2)10-18-11-14(16-17-18)7-5-4-6-8-15-9-13(3)19/h11-13,15,19H,4-10H2,1-3H3. The first-order valence-corrected chi connectivity index (χ1v) is 7.87. The van der Waals surface area contributed by atoms with Crippen LogP contribution in [0.5, 0.6) is 0 Å². The van der Waals surface area contributed by atoms with Crippen LogP contribution in [0, 0.1) is 5.92 Å². The van der Waals surface area contributed by atoms with Crippen molar-refractivity contribution >= 4 is 12.6 Å². The molecule has 0 saturated carbocycles. The zero-order valence-corrected chi connectivity index (χ0v) is 13.4. The summed E-state index contributed by atoms with van der Waals surface area (Å²) in [6.07, 6.45) is 6.78. The molecule has 1 aromatic heterocycles. The van der Waals surface area contributed by atoms with E-state index in [0.717, 1.165) is 31.7 Å². The average Bonchev–Trinajstić information content (AvgIpc) is 2.74. The van der Waals surface area contributed by atoms with Gasteiger partial charge < -0.3 is 5.32 Å². The van der Waals surface area contributed by atoms with Gasteiger partial charge in [0.1, 0.15) is 0 Å². The molecule has 4 nitrogen and oxygen atoms in total. The van der Waals surface area contributed by atoms with Crippen molar-refractivity contribution in [3.8, 4) is 0 Å². The minimum atomic E-state index is 0.441. The number of hydrogen-bond donors (Lipinski definition) is 2. The Balaban J connectivity index is 2.04. The normalized spacial score (nSPS) is 13.1.